The number of fused-ring (bicyclic) bond motifs is 1. The Kier molecular flexibility index (Phi) is 4.84. The highest BCUT2D eigenvalue weighted by molar-refractivity contribution is 5.97. The van der Waals surface area contributed by atoms with E-state index in [0.717, 1.165) is 28.0 Å². The number of aryl methyl sites for hydroxylation is 1. The highest BCUT2D eigenvalue weighted by Gasteiger charge is 2.16. The number of aliphatic carboxylic acids is 1. The van der Waals surface area contributed by atoms with Crippen LogP contribution in [0.15, 0.2) is 48.5 Å². The number of pyridine rings is 1. The van der Waals surface area contributed by atoms with Gasteiger partial charge in [-0.2, -0.15) is 0 Å². The first-order valence-electron chi connectivity index (χ1n) is 8.19. The van der Waals surface area contributed by atoms with Gasteiger partial charge in [0.2, 0.25) is 0 Å². The first-order chi connectivity index (χ1) is 12.1. The van der Waals surface area contributed by atoms with Crippen LogP contribution in [0.25, 0.3) is 10.9 Å². The molecule has 2 aromatic carbocycles. The van der Waals surface area contributed by atoms with Gasteiger partial charge in [0.25, 0.3) is 0 Å². The van der Waals surface area contributed by atoms with Crippen molar-refractivity contribution in [1.29, 1.82) is 0 Å². The van der Waals surface area contributed by atoms with E-state index >= 15 is 0 Å². The van der Waals surface area contributed by atoms with Crippen LogP contribution < -0.4 is 10.1 Å². The Morgan fingerprint density at radius 2 is 1.88 bits per heavy atom. The number of hydrogen-bond acceptors (Lipinski definition) is 4. The maximum Gasteiger partial charge on any atom is 0.307 e. The minimum atomic E-state index is -0.888. The van der Waals surface area contributed by atoms with Crippen molar-refractivity contribution in [3.05, 3.63) is 59.8 Å². The van der Waals surface area contributed by atoms with Crippen LogP contribution in [0.2, 0.25) is 0 Å². The van der Waals surface area contributed by atoms with Gasteiger partial charge in [-0.05, 0) is 32.0 Å². The van der Waals surface area contributed by atoms with Crippen LogP contribution >= 0.6 is 0 Å². The van der Waals surface area contributed by atoms with Crippen molar-refractivity contribution in [2.75, 3.05) is 11.9 Å². The molecule has 3 rings (SSSR count). The number of anilines is 2. The average Bonchev–Trinajstić information content (AvgIpc) is 2.59. The van der Waals surface area contributed by atoms with E-state index < -0.39 is 5.97 Å². The summed E-state index contributed by atoms with van der Waals surface area (Å²) in [5, 5.41) is 13.6. The van der Waals surface area contributed by atoms with E-state index in [-0.39, 0.29) is 6.42 Å². The van der Waals surface area contributed by atoms with Crippen LogP contribution in [0.1, 0.15) is 18.2 Å². The summed E-state index contributed by atoms with van der Waals surface area (Å²) in [6.07, 6.45) is -0.0944. The molecule has 0 unspecified atom stereocenters. The van der Waals surface area contributed by atoms with Crippen LogP contribution in [0.5, 0.6) is 5.75 Å². The summed E-state index contributed by atoms with van der Waals surface area (Å²) in [4.78, 5) is 15.9. The molecule has 5 nitrogen and oxygen atoms in total. The van der Waals surface area contributed by atoms with Gasteiger partial charge in [-0.15, -0.1) is 0 Å². The summed E-state index contributed by atoms with van der Waals surface area (Å²) in [6, 6.07) is 15.3. The molecule has 0 amide bonds. The molecule has 128 valence electrons. The molecule has 0 fully saturated rings. The number of carboxylic acid groups (broad SMARTS) is 1. The van der Waals surface area contributed by atoms with Crippen molar-refractivity contribution in [3.8, 4) is 5.75 Å². The maximum absolute atomic E-state index is 11.4. The molecule has 0 bridgehead atoms. The van der Waals surface area contributed by atoms with Crippen molar-refractivity contribution in [1.82, 2.24) is 4.98 Å². The largest absolute Gasteiger partial charge is 0.492 e. The summed E-state index contributed by atoms with van der Waals surface area (Å²) in [5.74, 6) is -0.161. The van der Waals surface area contributed by atoms with Gasteiger partial charge in [-0.3, -0.25) is 9.78 Å². The third-order valence-electron chi connectivity index (χ3n) is 3.97. The van der Waals surface area contributed by atoms with Gasteiger partial charge in [0.15, 0.2) is 0 Å². The molecule has 0 spiro atoms. The van der Waals surface area contributed by atoms with Gasteiger partial charge in [0.1, 0.15) is 5.75 Å². The molecule has 0 aliphatic carbocycles. The lowest BCUT2D eigenvalue weighted by atomic mass is 10.0. The summed E-state index contributed by atoms with van der Waals surface area (Å²) >= 11 is 0. The van der Waals surface area contributed by atoms with Gasteiger partial charge < -0.3 is 15.2 Å². The number of rotatable bonds is 6. The van der Waals surface area contributed by atoms with E-state index in [4.69, 9.17) is 4.74 Å². The van der Waals surface area contributed by atoms with Crippen molar-refractivity contribution in [2.24, 2.45) is 0 Å². The summed E-state index contributed by atoms with van der Waals surface area (Å²) in [6.45, 7) is 4.32. The number of hydrogen-bond donors (Lipinski definition) is 2. The van der Waals surface area contributed by atoms with Gasteiger partial charge in [-0.1, -0.05) is 30.3 Å². The average molecular weight is 336 g/mol. The van der Waals surface area contributed by atoms with Crippen LogP contribution in [-0.4, -0.2) is 22.7 Å². The Morgan fingerprint density at radius 3 is 2.64 bits per heavy atom. The minimum absolute atomic E-state index is 0.0944. The fourth-order valence-electron chi connectivity index (χ4n) is 2.87. The molecule has 1 aromatic heterocycles. The van der Waals surface area contributed by atoms with Crippen LogP contribution in [0, 0.1) is 6.92 Å². The molecule has 0 saturated heterocycles. The van der Waals surface area contributed by atoms with E-state index in [2.05, 4.69) is 10.3 Å². The lowest BCUT2D eigenvalue weighted by Crippen LogP contribution is -2.08. The third kappa shape index (κ3) is 3.55. The molecular weight excluding hydrogens is 316 g/mol. The molecule has 2 N–H and O–H groups in total. The lowest BCUT2D eigenvalue weighted by Gasteiger charge is -2.18. The van der Waals surface area contributed by atoms with E-state index in [0.29, 0.717) is 17.9 Å². The Hall–Kier alpha value is -3.08. The van der Waals surface area contributed by atoms with Crippen LogP contribution in [0.3, 0.4) is 0 Å². The number of ether oxygens (including phenoxy) is 1. The molecule has 3 aromatic rings. The van der Waals surface area contributed by atoms with Crippen molar-refractivity contribution >= 4 is 28.2 Å². The zero-order chi connectivity index (χ0) is 17.8. The van der Waals surface area contributed by atoms with Gasteiger partial charge in [-0.25, -0.2) is 0 Å². The zero-order valence-electron chi connectivity index (χ0n) is 14.2. The molecule has 0 aliphatic heterocycles. The number of nitrogens with zero attached hydrogens (tertiary/aromatic N) is 1. The highest BCUT2D eigenvalue weighted by atomic mass is 16.5. The summed E-state index contributed by atoms with van der Waals surface area (Å²) in [7, 11) is 0. The number of aromatic nitrogens is 1. The van der Waals surface area contributed by atoms with E-state index in [9.17, 15) is 9.90 Å². The highest BCUT2D eigenvalue weighted by Crippen LogP contribution is 2.34. The fraction of sp³-hybridized carbons (Fsp3) is 0.200. The van der Waals surface area contributed by atoms with E-state index in [1.165, 1.54) is 0 Å². The molecule has 0 saturated carbocycles. The number of nitrogens with one attached hydrogen (secondary N) is 1. The Bertz CT molecular complexity index is 922. The van der Waals surface area contributed by atoms with Gasteiger partial charge >= 0.3 is 5.97 Å². The smallest absolute Gasteiger partial charge is 0.307 e. The molecule has 25 heavy (non-hydrogen) atoms. The second-order valence-electron chi connectivity index (χ2n) is 5.69. The first-order valence-corrected chi connectivity index (χ1v) is 8.19. The molecule has 5 heteroatoms. The fourth-order valence-corrected chi connectivity index (χ4v) is 2.87. The summed E-state index contributed by atoms with van der Waals surface area (Å²) in [5.41, 5.74) is 3.77. The van der Waals surface area contributed by atoms with E-state index in [1.807, 2.05) is 62.4 Å². The predicted octanol–water partition coefficient (Wildman–Crippen LogP) is 4.31. The van der Waals surface area contributed by atoms with Gasteiger partial charge in [0.05, 0.1) is 29.9 Å². The normalized spacial score (nSPS) is 10.6. The van der Waals surface area contributed by atoms with Crippen molar-refractivity contribution < 1.29 is 14.6 Å². The lowest BCUT2D eigenvalue weighted by molar-refractivity contribution is -0.136. The third-order valence-corrected chi connectivity index (χ3v) is 3.97. The SMILES string of the molecule is CCOc1ccccc1Nc1c(CC(=O)O)c(C)nc2ccccc12. The Morgan fingerprint density at radius 1 is 1.16 bits per heavy atom. The molecule has 1 heterocycles. The minimum Gasteiger partial charge on any atom is -0.492 e. The maximum atomic E-state index is 11.4. The van der Waals surface area contributed by atoms with Crippen LogP contribution in [-0.2, 0) is 11.2 Å². The van der Waals surface area contributed by atoms with Crippen molar-refractivity contribution in [3.63, 3.8) is 0 Å². The van der Waals surface area contributed by atoms with Crippen LogP contribution in [0.4, 0.5) is 11.4 Å². The number of carboxylic acids is 1. The Balaban J connectivity index is 2.18. The first kappa shape index (κ1) is 16.8. The topological polar surface area (TPSA) is 71.5 Å². The summed E-state index contributed by atoms with van der Waals surface area (Å²) < 4.78 is 5.68. The quantitative estimate of drug-likeness (QED) is 0.702. The van der Waals surface area contributed by atoms with Crippen molar-refractivity contribution in [2.45, 2.75) is 20.3 Å². The molecule has 0 aliphatic rings. The zero-order valence-corrected chi connectivity index (χ0v) is 14.2. The second kappa shape index (κ2) is 7.21. The molecule has 0 atom stereocenters. The standard InChI is InChI=1S/C20H20N2O3/c1-3-25-18-11-7-6-10-17(18)22-20-14-8-4-5-9-16(14)21-13(2)15(20)12-19(23)24/h4-11H,3,12H2,1-2H3,(H,21,22)(H,23,24). The number of benzene rings is 2. The molecule has 0 radical (unpaired) electrons. The molecular formula is C20H20N2O3. The number of para-hydroxylation sites is 3. The Labute approximate surface area is 146 Å². The number of carbonyl (C=O) groups is 1. The van der Waals surface area contributed by atoms with Gasteiger partial charge in [0, 0.05) is 16.6 Å². The second-order valence-corrected chi connectivity index (χ2v) is 5.69. The van der Waals surface area contributed by atoms with E-state index in [1.54, 1.807) is 0 Å². The predicted molar refractivity (Wildman–Crippen MR) is 98.7 cm³/mol. The monoisotopic (exact) mass is 336 g/mol.